The van der Waals surface area contributed by atoms with Gasteiger partial charge in [0, 0.05) is 5.92 Å². The molecule has 0 atom stereocenters. The Morgan fingerprint density at radius 3 is 2.29 bits per heavy atom. The molecule has 1 fully saturated rings. The molecule has 7 heteroatoms. The number of carbonyl (C=O) groups excluding carboxylic acids is 1. The number of rotatable bonds is 3. The fourth-order valence-corrected chi connectivity index (χ4v) is 1.28. The number of hydrogen-bond donors (Lipinski definition) is 1. The predicted octanol–water partition coefficient (Wildman–Crippen LogP) is 1.25. The standard InChI is InChI=1S/C7H10F3NO2.ClH/c8-7(9,10)13-5-1-4(2-5)6(12)3-11;/h4-5H,1-3,11H2;1H/t4-,5+;. The Morgan fingerprint density at radius 2 is 1.93 bits per heavy atom. The summed E-state index contributed by atoms with van der Waals surface area (Å²) < 4.78 is 38.5. The number of ether oxygens (including phenoxy) is 1. The topological polar surface area (TPSA) is 52.3 Å². The Balaban J connectivity index is 0.00000169. The van der Waals surface area contributed by atoms with Gasteiger partial charge in [-0.15, -0.1) is 25.6 Å². The third kappa shape index (κ3) is 3.81. The minimum Gasteiger partial charge on any atom is -0.324 e. The van der Waals surface area contributed by atoms with Gasteiger partial charge in [0.05, 0.1) is 12.6 Å². The summed E-state index contributed by atoms with van der Waals surface area (Å²) in [6, 6.07) is 0. The second-order valence-corrected chi connectivity index (χ2v) is 3.02. The molecule has 0 bridgehead atoms. The van der Waals surface area contributed by atoms with Crippen molar-refractivity contribution in [2.75, 3.05) is 6.54 Å². The predicted molar refractivity (Wildman–Crippen MR) is 45.0 cm³/mol. The molecule has 0 radical (unpaired) electrons. The van der Waals surface area contributed by atoms with Crippen LogP contribution in [0, 0.1) is 5.92 Å². The van der Waals surface area contributed by atoms with E-state index in [1.807, 2.05) is 0 Å². The first-order valence-electron chi connectivity index (χ1n) is 3.89. The van der Waals surface area contributed by atoms with Crippen molar-refractivity contribution in [3.8, 4) is 0 Å². The molecule has 0 saturated heterocycles. The fraction of sp³-hybridized carbons (Fsp3) is 0.857. The Hall–Kier alpha value is -0.330. The van der Waals surface area contributed by atoms with Crippen molar-refractivity contribution in [1.29, 1.82) is 0 Å². The van der Waals surface area contributed by atoms with E-state index < -0.39 is 12.5 Å². The molecule has 1 aliphatic rings. The Bertz CT molecular complexity index is 204. The number of alkyl halides is 3. The number of halogens is 4. The molecule has 0 amide bonds. The summed E-state index contributed by atoms with van der Waals surface area (Å²) in [6.07, 6.45) is -5.19. The highest BCUT2D eigenvalue weighted by Crippen LogP contribution is 2.34. The summed E-state index contributed by atoms with van der Waals surface area (Å²) >= 11 is 0. The SMILES string of the molecule is Cl.NCC(=O)[C@H]1C[C@@H](OC(F)(F)F)C1. The van der Waals surface area contributed by atoms with Gasteiger partial charge in [-0.2, -0.15) is 0 Å². The number of ketones is 1. The van der Waals surface area contributed by atoms with Crippen LogP contribution in [-0.2, 0) is 9.53 Å². The average Bonchev–Trinajstić information content (AvgIpc) is 1.92. The Kier molecular flexibility index (Phi) is 4.83. The zero-order valence-corrected chi connectivity index (χ0v) is 8.03. The quantitative estimate of drug-likeness (QED) is 0.798. The van der Waals surface area contributed by atoms with Crippen LogP contribution in [0.2, 0.25) is 0 Å². The highest BCUT2D eigenvalue weighted by Gasteiger charge is 2.41. The van der Waals surface area contributed by atoms with E-state index >= 15 is 0 Å². The van der Waals surface area contributed by atoms with Crippen LogP contribution in [0.4, 0.5) is 13.2 Å². The molecule has 0 aromatic heterocycles. The lowest BCUT2D eigenvalue weighted by Gasteiger charge is -2.33. The van der Waals surface area contributed by atoms with Gasteiger partial charge in [-0.1, -0.05) is 0 Å². The first kappa shape index (κ1) is 13.7. The van der Waals surface area contributed by atoms with Crippen molar-refractivity contribution in [2.24, 2.45) is 11.7 Å². The Labute approximate surface area is 85.2 Å². The highest BCUT2D eigenvalue weighted by atomic mass is 35.5. The van der Waals surface area contributed by atoms with E-state index in [0.29, 0.717) is 0 Å². The van der Waals surface area contributed by atoms with Crippen molar-refractivity contribution in [3.05, 3.63) is 0 Å². The summed E-state index contributed by atoms with van der Waals surface area (Å²) in [5.74, 6) is -0.528. The molecule has 14 heavy (non-hydrogen) atoms. The zero-order chi connectivity index (χ0) is 10.1. The lowest BCUT2D eigenvalue weighted by atomic mass is 9.79. The smallest absolute Gasteiger partial charge is 0.324 e. The van der Waals surface area contributed by atoms with Gasteiger partial charge in [0.15, 0.2) is 0 Å². The van der Waals surface area contributed by atoms with E-state index in [2.05, 4.69) is 4.74 Å². The zero-order valence-electron chi connectivity index (χ0n) is 7.21. The number of carbonyl (C=O) groups is 1. The van der Waals surface area contributed by atoms with Crippen molar-refractivity contribution >= 4 is 18.2 Å². The molecule has 2 N–H and O–H groups in total. The fourth-order valence-electron chi connectivity index (χ4n) is 1.28. The molecule has 1 rings (SSSR count). The largest absolute Gasteiger partial charge is 0.522 e. The van der Waals surface area contributed by atoms with Gasteiger partial charge in [0.25, 0.3) is 0 Å². The second kappa shape index (κ2) is 4.95. The minimum absolute atomic E-state index is 0. The van der Waals surface area contributed by atoms with Gasteiger partial charge in [-0.3, -0.25) is 9.53 Å². The molecular weight excluding hydrogens is 223 g/mol. The first-order valence-corrected chi connectivity index (χ1v) is 3.89. The summed E-state index contributed by atoms with van der Waals surface area (Å²) in [7, 11) is 0. The molecule has 0 aliphatic heterocycles. The number of Topliss-reactive ketones (excluding diaryl/α,β-unsaturated/α-hetero) is 1. The van der Waals surface area contributed by atoms with Crippen LogP contribution >= 0.6 is 12.4 Å². The van der Waals surface area contributed by atoms with Crippen LogP contribution in [0.15, 0.2) is 0 Å². The molecule has 0 spiro atoms. The van der Waals surface area contributed by atoms with Crippen LogP contribution in [0.1, 0.15) is 12.8 Å². The lowest BCUT2D eigenvalue weighted by Crippen LogP contribution is -2.41. The van der Waals surface area contributed by atoms with Crippen LogP contribution < -0.4 is 5.73 Å². The van der Waals surface area contributed by atoms with E-state index in [1.54, 1.807) is 0 Å². The summed E-state index contributed by atoms with van der Waals surface area (Å²) in [6.45, 7) is -0.108. The second-order valence-electron chi connectivity index (χ2n) is 3.02. The van der Waals surface area contributed by atoms with Crippen LogP contribution in [0.25, 0.3) is 0 Å². The monoisotopic (exact) mass is 233 g/mol. The molecule has 1 saturated carbocycles. The maximum Gasteiger partial charge on any atom is 0.522 e. The first-order chi connectivity index (χ1) is 5.92. The normalized spacial score (nSPS) is 26.3. The number of hydrogen-bond acceptors (Lipinski definition) is 3. The minimum atomic E-state index is -4.60. The third-order valence-electron chi connectivity index (χ3n) is 2.05. The number of nitrogens with two attached hydrogens (primary N) is 1. The molecule has 0 unspecified atom stereocenters. The maximum absolute atomic E-state index is 11.6. The molecule has 84 valence electrons. The van der Waals surface area contributed by atoms with E-state index in [9.17, 15) is 18.0 Å². The van der Waals surface area contributed by atoms with E-state index in [1.165, 1.54) is 0 Å². The van der Waals surface area contributed by atoms with Gasteiger partial charge in [-0.25, -0.2) is 0 Å². The lowest BCUT2D eigenvalue weighted by molar-refractivity contribution is -0.353. The van der Waals surface area contributed by atoms with Gasteiger partial charge < -0.3 is 5.73 Å². The van der Waals surface area contributed by atoms with Crippen LogP contribution in [-0.4, -0.2) is 24.8 Å². The average molecular weight is 234 g/mol. The molecule has 1 aliphatic carbocycles. The van der Waals surface area contributed by atoms with Gasteiger partial charge in [-0.05, 0) is 12.8 Å². The Morgan fingerprint density at radius 1 is 1.43 bits per heavy atom. The van der Waals surface area contributed by atoms with Crippen LogP contribution in [0.5, 0.6) is 0 Å². The van der Waals surface area contributed by atoms with Gasteiger partial charge >= 0.3 is 6.36 Å². The van der Waals surface area contributed by atoms with Gasteiger partial charge in [0.2, 0.25) is 0 Å². The van der Waals surface area contributed by atoms with Crippen molar-refractivity contribution in [3.63, 3.8) is 0 Å². The molecular formula is C7H11ClF3NO2. The van der Waals surface area contributed by atoms with E-state index in [0.717, 1.165) is 0 Å². The molecule has 3 nitrogen and oxygen atoms in total. The van der Waals surface area contributed by atoms with Gasteiger partial charge in [0.1, 0.15) is 5.78 Å². The summed E-state index contributed by atoms with van der Waals surface area (Å²) in [5.41, 5.74) is 5.04. The van der Waals surface area contributed by atoms with E-state index in [4.69, 9.17) is 5.73 Å². The van der Waals surface area contributed by atoms with Crippen molar-refractivity contribution in [2.45, 2.75) is 25.3 Å². The van der Waals surface area contributed by atoms with Crippen molar-refractivity contribution < 1.29 is 22.7 Å². The summed E-state index contributed by atoms with van der Waals surface area (Å²) in [4.78, 5) is 10.8. The van der Waals surface area contributed by atoms with Crippen molar-refractivity contribution in [1.82, 2.24) is 0 Å². The van der Waals surface area contributed by atoms with Crippen LogP contribution in [0.3, 0.4) is 0 Å². The van der Waals surface area contributed by atoms with E-state index in [-0.39, 0.29) is 43.5 Å². The molecule has 0 heterocycles. The maximum atomic E-state index is 11.6. The highest BCUT2D eigenvalue weighted by molar-refractivity contribution is 5.85. The molecule has 0 aromatic carbocycles. The summed E-state index contributed by atoms with van der Waals surface area (Å²) in [5, 5.41) is 0. The third-order valence-corrected chi connectivity index (χ3v) is 2.05. The molecule has 0 aromatic rings.